The van der Waals surface area contributed by atoms with Crippen LogP contribution in [-0.2, 0) is 0 Å². The average Bonchev–Trinajstić information content (AvgIpc) is 2.99. The molecular formula is C16H13ClN4S. The number of hydrogen-bond acceptors (Lipinski definition) is 4. The quantitative estimate of drug-likeness (QED) is 0.725. The Hall–Kier alpha value is -2.11. The van der Waals surface area contributed by atoms with Gasteiger partial charge in [-0.2, -0.15) is 15.4 Å². The molecule has 0 aliphatic carbocycles. The lowest BCUT2D eigenvalue weighted by molar-refractivity contribution is 0.939. The molecule has 0 spiro atoms. The van der Waals surface area contributed by atoms with Gasteiger partial charge in [-0.1, -0.05) is 35.5 Å². The number of hydrogen-bond donors (Lipinski definition) is 1. The van der Waals surface area contributed by atoms with E-state index in [1.54, 1.807) is 25.0 Å². The maximum absolute atomic E-state index is 5.91. The fourth-order valence-electron chi connectivity index (χ4n) is 2.01. The van der Waals surface area contributed by atoms with E-state index in [1.807, 2.05) is 36.4 Å². The number of nitrogens with zero attached hydrogens (tertiary/aromatic N) is 3. The average molecular weight is 329 g/mol. The maximum Gasteiger partial charge on any atom is 0.131 e. The summed E-state index contributed by atoms with van der Waals surface area (Å²) in [5.74, 6) is 0. The molecule has 0 fully saturated rings. The van der Waals surface area contributed by atoms with Crippen molar-refractivity contribution in [1.29, 1.82) is 0 Å². The summed E-state index contributed by atoms with van der Waals surface area (Å²) in [6.45, 7) is 0. The first-order chi connectivity index (χ1) is 10.8. The summed E-state index contributed by atoms with van der Waals surface area (Å²) in [7, 11) is 1.71. The molecule has 0 radical (unpaired) electrons. The van der Waals surface area contributed by atoms with Crippen molar-refractivity contribution >= 4 is 29.6 Å². The number of aromatic amines is 1. The summed E-state index contributed by atoms with van der Waals surface area (Å²) in [5, 5.41) is 11.7. The summed E-state index contributed by atoms with van der Waals surface area (Å²) in [6.07, 6.45) is 1.69. The lowest BCUT2D eigenvalue weighted by Gasteiger charge is -2.04. The first-order valence-electron chi connectivity index (χ1n) is 6.63. The second-order valence-corrected chi connectivity index (χ2v) is 6.11. The molecule has 1 aromatic heterocycles. The third-order valence-corrected chi connectivity index (χ3v) is 4.23. The van der Waals surface area contributed by atoms with Crippen LogP contribution in [0.15, 0.2) is 63.3 Å². The van der Waals surface area contributed by atoms with Gasteiger partial charge in [0.15, 0.2) is 0 Å². The van der Waals surface area contributed by atoms with Crippen molar-refractivity contribution in [3.8, 4) is 11.3 Å². The first-order valence-corrected chi connectivity index (χ1v) is 7.82. The Bertz CT molecular complexity index is 796. The van der Waals surface area contributed by atoms with Gasteiger partial charge in [0, 0.05) is 27.4 Å². The molecule has 2 aromatic carbocycles. The van der Waals surface area contributed by atoms with Gasteiger partial charge in [-0.15, -0.1) is 0 Å². The molecule has 0 aliphatic heterocycles. The van der Waals surface area contributed by atoms with Crippen molar-refractivity contribution in [2.24, 2.45) is 4.99 Å². The normalized spacial score (nSPS) is 11.2. The molecule has 3 aromatic rings. The summed E-state index contributed by atoms with van der Waals surface area (Å²) < 4.78 is 0. The van der Waals surface area contributed by atoms with Crippen LogP contribution in [0.2, 0.25) is 5.02 Å². The monoisotopic (exact) mass is 328 g/mol. The zero-order valence-corrected chi connectivity index (χ0v) is 13.4. The van der Waals surface area contributed by atoms with Crippen LogP contribution >= 0.6 is 23.4 Å². The van der Waals surface area contributed by atoms with Crippen LogP contribution in [0, 0.1) is 0 Å². The molecule has 4 nitrogen and oxygen atoms in total. The number of rotatable bonds is 4. The van der Waals surface area contributed by atoms with Crippen LogP contribution in [0.3, 0.4) is 0 Å². The standard InChI is InChI=1S/C16H13ClN4S/c1-18-10-15-16(20-21-19-15)11-3-2-4-14(9-11)22-13-7-5-12(17)6-8-13/h2-10H,1H3,(H,19,20,21). The molecule has 6 heteroatoms. The van der Waals surface area contributed by atoms with Gasteiger partial charge in [0.2, 0.25) is 0 Å². The van der Waals surface area contributed by atoms with Crippen LogP contribution < -0.4 is 0 Å². The third-order valence-electron chi connectivity index (χ3n) is 2.98. The van der Waals surface area contributed by atoms with E-state index < -0.39 is 0 Å². The molecule has 0 saturated carbocycles. The molecule has 0 unspecified atom stereocenters. The lowest BCUT2D eigenvalue weighted by Crippen LogP contribution is -1.87. The topological polar surface area (TPSA) is 53.9 Å². The number of H-pyrrole nitrogens is 1. The number of aromatic nitrogens is 3. The summed E-state index contributed by atoms with van der Waals surface area (Å²) in [5.41, 5.74) is 2.53. The van der Waals surface area contributed by atoms with Crippen molar-refractivity contribution < 1.29 is 0 Å². The number of nitrogens with one attached hydrogen (secondary N) is 1. The van der Waals surface area contributed by atoms with E-state index >= 15 is 0 Å². The number of benzene rings is 2. The van der Waals surface area contributed by atoms with Gasteiger partial charge in [-0.3, -0.25) is 4.99 Å². The van der Waals surface area contributed by atoms with E-state index in [9.17, 15) is 0 Å². The van der Waals surface area contributed by atoms with Gasteiger partial charge >= 0.3 is 0 Å². The van der Waals surface area contributed by atoms with Crippen molar-refractivity contribution in [1.82, 2.24) is 15.4 Å². The van der Waals surface area contributed by atoms with Gasteiger partial charge in [-0.05, 0) is 36.4 Å². The molecule has 0 bridgehead atoms. The van der Waals surface area contributed by atoms with Crippen molar-refractivity contribution in [3.05, 3.63) is 59.2 Å². The minimum Gasteiger partial charge on any atom is -0.294 e. The third kappa shape index (κ3) is 3.37. The van der Waals surface area contributed by atoms with Crippen LogP contribution in [0.4, 0.5) is 0 Å². The van der Waals surface area contributed by atoms with Gasteiger partial charge in [0.25, 0.3) is 0 Å². The van der Waals surface area contributed by atoms with Crippen LogP contribution in [0.1, 0.15) is 5.69 Å². The van der Waals surface area contributed by atoms with Gasteiger partial charge in [-0.25, -0.2) is 0 Å². The SMILES string of the molecule is CN=Cc1n[nH]nc1-c1cccc(Sc2ccc(Cl)cc2)c1. The molecule has 1 heterocycles. The summed E-state index contributed by atoms with van der Waals surface area (Å²) in [6, 6.07) is 16.0. The fourth-order valence-corrected chi connectivity index (χ4v) is 3.01. The van der Waals surface area contributed by atoms with E-state index in [4.69, 9.17) is 11.6 Å². The second kappa shape index (κ2) is 6.77. The molecule has 110 valence electrons. The smallest absolute Gasteiger partial charge is 0.131 e. The fraction of sp³-hybridized carbons (Fsp3) is 0.0625. The van der Waals surface area contributed by atoms with Crippen molar-refractivity contribution in [2.75, 3.05) is 7.05 Å². The zero-order valence-electron chi connectivity index (χ0n) is 11.8. The van der Waals surface area contributed by atoms with Crippen molar-refractivity contribution in [2.45, 2.75) is 9.79 Å². The maximum atomic E-state index is 5.91. The van der Waals surface area contributed by atoms with E-state index in [-0.39, 0.29) is 0 Å². The minimum atomic E-state index is 0.733. The van der Waals surface area contributed by atoms with E-state index in [1.165, 1.54) is 0 Å². The Morgan fingerprint density at radius 1 is 1.09 bits per heavy atom. The molecule has 0 saturated heterocycles. The summed E-state index contributed by atoms with van der Waals surface area (Å²) in [4.78, 5) is 6.26. The second-order valence-electron chi connectivity index (χ2n) is 4.53. The molecule has 22 heavy (non-hydrogen) atoms. The first kappa shape index (κ1) is 14.8. The predicted molar refractivity (Wildman–Crippen MR) is 90.9 cm³/mol. The van der Waals surface area contributed by atoms with E-state index in [0.29, 0.717) is 0 Å². The number of aliphatic imine (C=N–C) groups is 1. The molecule has 0 amide bonds. The highest BCUT2D eigenvalue weighted by Gasteiger charge is 2.09. The van der Waals surface area contributed by atoms with Gasteiger partial charge in [0.1, 0.15) is 11.4 Å². The van der Waals surface area contributed by atoms with Crippen LogP contribution in [0.5, 0.6) is 0 Å². The largest absolute Gasteiger partial charge is 0.294 e. The predicted octanol–water partition coefficient (Wildman–Crippen LogP) is 4.33. The Morgan fingerprint density at radius 3 is 2.68 bits per heavy atom. The van der Waals surface area contributed by atoms with Crippen LogP contribution in [-0.4, -0.2) is 28.7 Å². The Kier molecular flexibility index (Phi) is 4.56. The van der Waals surface area contributed by atoms with E-state index in [0.717, 1.165) is 31.8 Å². The molecular weight excluding hydrogens is 316 g/mol. The van der Waals surface area contributed by atoms with Crippen molar-refractivity contribution in [3.63, 3.8) is 0 Å². The molecule has 1 N–H and O–H groups in total. The molecule has 0 atom stereocenters. The Balaban J connectivity index is 1.89. The van der Waals surface area contributed by atoms with Crippen LogP contribution in [0.25, 0.3) is 11.3 Å². The zero-order chi connectivity index (χ0) is 15.4. The van der Waals surface area contributed by atoms with Gasteiger partial charge < -0.3 is 0 Å². The highest BCUT2D eigenvalue weighted by molar-refractivity contribution is 7.99. The highest BCUT2D eigenvalue weighted by Crippen LogP contribution is 2.31. The summed E-state index contributed by atoms with van der Waals surface area (Å²) >= 11 is 7.59. The molecule has 0 aliphatic rings. The Labute approximate surface area is 137 Å². The number of halogens is 1. The Morgan fingerprint density at radius 2 is 1.91 bits per heavy atom. The minimum absolute atomic E-state index is 0.733. The van der Waals surface area contributed by atoms with E-state index in [2.05, 4.69) is 32.5 Å². The highest BCUT2D eigenvalue weighted by atomic mass is 35.5. The lowest BCUT2D eigenvalue weighted by atomic mass is 10.1. The van der Waals surface area contributed by atoms with Gasteiger partial charge in [0.05, 0.1) is 6.21 Å². The molecule has 3 rings (SSSR count).